The molecule has 0 amide bonds. The number of hydrogen-bond donors (Lipinski definition) is 1. The van der Waals surface area contributed by atoms with Crippen LogP contribution in [0.4, 0.5) is 15.8 Å². The highest BCUT2D eigenvalue weighted by molar-refractivity contribution is 6.30. The van der Waals surface area contributed by atoms with Gasteiger partial charge in [0.15, 0.2) is 0 Å². The molecular formula is C24H21ClFN3. The van der Waals surface area contributed by atoms with Crippen molar-refractivity contribution < 1.29 is 4.39 Å². The smallest absolute Gasteiger partial charge is 0.134 e. The monoisotopic (exact) mass is 405 g/mol. The van der Waals surface area contributed by atoms with Crippen molar-refractivity contribution in [3.05, 3.63) is 89.2 Å². The molecule has 0 unspecified atom stereocenters. The van der Waals surface area contributed by atoms with Crippen molar-refractivity contribution in [1.29, 1.82) is 0 Å². The van der Waals surface area contributed by atoms with E-state index in [1.54, 1.807) is 12.1 Å². The van der Waals surface area contributed by atoms with Crippen LogP contribution in [0.3, 0.4) is 0 Å². The minimum Gasteiger partial charge on any atom is -0.355 e. The molecule has 0 saturated carbocycles. The van der Waals surface area contributed by atoms with Gasteiger partial charge in [-0.25, -0.2) is 9.37 Å². The van der Waals surface area contributed by atoms with Crippen LogP contribution in [0.15, 0.2) is 72.8 Å². The molecule has 0 aliphatic heterocycles. The Hall–Kier alpha value is -2.95. The average Bonchev–Trinajstić information content (AvgIpc) is 2.67. The van der Waals surface area contributed by atoms with E-state index in [9.17, 15) is 4.39 Å². The molecule has 0 aliphatic rings. The van der Waals surface area contributed by atoms with Crippen LogP contribution in [0.5, 0.6) is 0 Å². The van der Waals surface area contributed by atoms with Crippen molar-refractivity contribution in [3.8, 4) is 11.3 Å². The van der Waals surface area contributed by atoms with Gasteiger partial charge in [-0.2, -0.15) is 0 Å². The first-order valence-corrected chi connectivity index (χ1v) is 9.73. The van der Waals surface area contributed by atoms with E-state index >= 15 is 0 Å². The number of nitrogens with one attached hydrogen (secondary N) is 1. The van der Waals surface area contributed by atoms with Crippen LogP contribution in [0.25, 0.3) is 22.2 Å². The van der Waals surface area contributed by atoms with Crippen molar-refractivity contribution in [2.24, 2.45) is 0 Å². The lowest BCUT2D eigenvalue weighted by molar-refractivity contribution is 0.402. The molecule has 5 heteroatoms. The fraction of sp³-hybridized carbons (Fsp3) is 0.125. The van der Waals surface area contributed by atoms with Crippen molar-refractivity contribution >= 4 is 33.9 Å². The molecule has 146 valence electrons. The molecule has 4 aromatic rings. The lowest BCUT2D eigenvalue weighted by atomic mass is 10.1. The maximum absolute atomic E-state index is 14.5. The quantitative estimate of drug-likeness (QED) is 0.410. The van der Waals surface area contributed by atoms with Crippen molar-refractivity contribution in [2.45, 2.75) is 6.54 Å². The largest absolute Gasteiger partial charge is 0.355 e. The molecule has 1 aromatic heterocycles. The number of rotatable bonds is 5. The summed E-state index contributed by atoms with van der Waals surface area (Å²) in [4.78, 5) is 6.79. The van der Waals surface area contributed by atoms with E-state index in [1.807, 2.05) is 56.6 Å². The molecule has 0 radical (unpaired) electrons. The molecule has 0 fully saturated rings. The number of hydrogen-bond acceptors (Lipinski definition) is 3. The molecule has 0 bridgehead atoms. The van der Waals surface area contributed by atoms with Crippen LogP contribution in [-0.2, 0) is 6.54 Å². The van der Waals surface area contributed by atoms with Gasteiger partial charge in [0, 0.05) is 28.2 Å². The van der Waals surface area contributed by atoms with Crippen LogP contribution in [0, 0.1) is 5.82 Å². The molecule has 0 atom stereocenters. The zero-order valence-corrected chi connectivity index (χ0v) is 17.0. The maximum atomic E-state index is 14.5. The molecular weight excluding hydrogens is 385 g/mol. The number of aromatic nitrogens is 1. The Morgan fingerprint density at radius 1 is 0.966 bits per heavy atom. The summed E-state index contributed by atoms with van der Waals surface area (Å²) in [5.41, 5.74) is 4.84. The number of nitrogens with zero attached hydrogens (tertiary/aromatic N) is 2. The van der Waals surface area contributed by atoms with Gasteiger partial charge in [-0.1, -0.05) is 41.9 Å². The predicted molar refractivity (Wildman–Crippen MR) is 119 cm³/mol. The summed E-state index contributed by atoms with van der Waals surface area (Å²) in [6.45, 7) is 0.855. The third-order valence-corrected chi connectivity index (χ3v) is 4.86. The number of halogens is 2. The standard InChI is InChI=1S/C24H21ClFN3/c1-29(2)15-16-6-5-7-18(12-16)27-24-14-23(19-11-10-17(25)13-21(19)26)28-22-9-4-3-8-20(22)24/h3-14H,15H2,1-2H3,(H,27,28). The highest BCUT2D eigenvalue weighted by atomic mass is 35.5. The number of para-hydroxylation sites is 1. The summed E-state index contributed by atoms with van der Waals surface area (Å²) in [5, 5.41) is 4.83. The molecule has 0 aliphatic carbocycles. The van der Waals surface area contributed by atoms with E-state index in [1.165, 1.54) is 11.6 Å². The van der Waals surface area contributed by atoms with Gasteiger partial charge in [-0.05, 0) is 62.1 Å². The molecule has 3 nitrogen and oxygen atoms in total. The van der Waals surface area contributed by atoms with E-state index in [4.69, 9.17) is 11.6 Å². The van der Waals surface area contributed by atoms with Gasteiger partial charge in [0.05, 0.1) is 16.9 Å². The minimum atomic E-state index is -0.390. The van der Waals surface area contributed by atoms with Gasteiger partial charge >= 0.3 is 0 Å². The fourth-order valence-electron chi connectivity index (χ4n) is 3.38. The molecule has 4 rings (SSSR count). The van der Waals surface area contributed by atoms with Gasteiger partial charge in [0.25, 0.3) is 0 Å². The highest BCUT2D eigenvalue weighted by Crippen LogP contribution is 2.32. The van der Waals surface area contributed by atoms with E-state index in [0.29, 0.717) is 16.3 Å². The van der Waals surface area contributed by atoms with Gasteiger partial charge in [-0.3, -0.25) is 0 Å². The number of anilines is 2. The molecule has 0 spiro atoms. The summed E-state index contributed by atoms with van der Waals surface area (Å²) >= 11 is 5.91. The van der Waals surface area contributed by atoms with E-state index in [0.717, 1.165) is 28.8 Å². The van der Waals surface area contributed by atoms with Gasteiger partial charge in [0.1, 0.15) is 5.82 Å². The van der Waals surface area contributed by atoms with Crippen molar-refractivity contribution in [2.75, 3.05) is 19.4 Å². The van der Waals surface area contributed by atoms with Gasteiger partial charge < -0.3 is 10.2 Å². The van der Waals surface area contributed by atoms with Crippen LogP contribution < -0.4 is 5.32 Å². The zero-order chi connectivity index (χ0) is 20.4. The summed E-state index contributed by atoms with van der Waals surface area (Å²) < 4.78 is 14.5. The Morgan fingerprint density at radius 3 is 2.59 bits per heavy atom. The zero-order valence-electron chi connectivity index (χ0n) is 16.3. The lowest BCUT2D eigenvalue weighted by Crippen LogP contribution is -2.10. The fourth-order valence-corrected chi connectivity index (χ4v) is 3.54. The summed E-state index contributed by atoms with van der Waals surface area (Å²) in [5.74, 6) is -0.390. The summed E-state index contributed by atoms with van der Waals surface area (Å²) in [7, 11) is 4.09. The third kappa shape index (κ3) is 4.39. The molecule has 29 heavy (non-hydrogen) atoms. The Bertz CT molecular complexity index is 1170. The average molecular weight is 406 g/mol. The first kappa shape index (κ1) is 19.4. The second-order valence-corrected chi connectivity index (χ2v) is 7.70. The molecule has 3 aromatic carbocycles. The number of pyridine rings is 1. The lowest BCUT2D eigenvalue weighted by Gasteiger charge is -2.15. The van der Waals surface area contributed by atoms with Crippen LogP contribution >= 0.6 is 11.6 Å². The summed E-state index contributed by atoms with van der Waals surface area (Å²) in [6.07, 6.45) is 0. The Kier molecular flexibility index (Phi) is 5.47. The normalized spacial score (nSPS) is 11.2. The number of fused-ring (bicyclic) bond motifs is 1. The number of benzene rings is 3. The first-order chi connectivity index (χ1) is 14.0. The Labute approximate surface area is 174 Å². The summed E-state index contributed by atoms with van der Waals surface area (Å²) in [6, 6.07) is 22.7. The molecule has 1 heterocycles. The predicted octanol–water partition coefficient (Wildman–Crippen LogP) is 6.50. The van der Waals surface area contributed by atoms with Gasteiger partial charge in [0.2, 0.25) is 0 Å². The first-order valence-electron chi connectivity index (χ1n) is 9.35. The van der Waals surface area contributed by atoms with E-state index in [2.05, 4.69) is 27.3 Å². The second-order valence-electron chi connectivity index (χ2n) is 7.26. The van der Waals surface area contributed by atoms with E-state index < -0.39 is 0 Å². The Morgan fingerprint density at radius 2 is 1.79 bits per heavy atom. The molecule has 0 saturated heterocycles. The Balaban J connectivity index is 1.79. The maximum Gasteiger partial charge on any atom is 0.134 e. The van der Waals surface area contributed by atoms with Crippen LogP contribution in [0.1, 0.15) is 5.56 Å². The van der Waals surface area contributed by atoms with Gasteiger partial charge in [-0.15, -0.1) is 0 Å². The van der Waals surface area contributed by atoms with Crippen LogP contribution in [-0.4, -0.2) is 24.0 Å². The topological polar surface area (TPSA) is 28.2 Å². The second kappa shape index (κ2) is 8.19. The SMILES string of the molecule is CN(C)Cc1cccc(Nc2cc(-c3ccc(Cl)cc3F)nc3ccccc23)c1. The minimum absolute atomic E-state index is 0.364. The van der Waals surface area contributed by atoms with Crippen LogP contribution in [0.2, 0.25) is 5.02 Å². The third-order valence-electron chi connectivity index (χ3n) is 4.63. The molecule has 1 N–H and O–H groups in total. The van der Waals surface area contributed by atoms with Crippen molar-refractivity contribution in [3.63, 3.8) is 0 Å². The van der Waals surface area contributed by atoms with E-state index in [-0.39, 0.29) is 5.82 Å². The van der Waals surface area contributed by atoms with Crippen molar-refractivity contribution in [1.82, 2.24) is 9.88 Å². The highest BCUT2D eigenvalue weighted by Gasteiger charge is 2.12.